The van der Waals surface area contributed by atoms with Crippen LogP contribution in [0.3, 0.4) is 0 Å². The van der Waals surface area contributed by atoms with E-state index in [-0.39, 0.29) is 11.8 Å². The van der Waals surface area contributed by atoms with E-state index in [1.807, 2.05) is 12.1 Å². The first kappa shape index (κ1) is 26.7. The molecule has 4 atom stereocenters. The molecule has 7 rings (SSSR count). The van der Waals surface area contributed by atoms with E-state index >= 15 is 0 Å². The topological polar surface area (TPSA) is 74.3 Å². The van der Waals surface area contributed by atoms with Crippen molar-refractivity contribution in [2.75, 3.05) is 63.8 Å². The lowest BCUT2D eigenvalue weighted by molar-refractivity contribution is -0.171. The summed E-state index contributed by atoms with van der Waals surface area (Å²) in [7, 11) is 5.38. The van der Waals surface area contributed by atoms with Crippen LogP contribution in [0.1, 0.15) is 24.1 Å². The number of hydrogen-bond donors (Lipinski definition) is 0. The van der Waals surface area contributed by atoms with Gasteiger partial charge in [-0.1, -0.05) is 35.9 Å². The summed E-state index contributed by atoms with van der Waals surface area (Å²) < 4.78 is 6.29. The Balaban J connectivity index is 1.18. The minimum Gasteiger partial charge on any atom is -0.462 e. The lowest BCUT2D eigenvalue weighted by Crippen LogP contribution is -2.36. The minimum atomic E-state index is 0.0362. The maximum absolute atomic E-state index is 12.7. The SMILES string of the molecule is CON(C)C(=O)[C@@H]1[C@@H]2CN(c3nc(OC[C@@H]4CCCN4C)nc4c3CCN(c3cccc5cccc(Cl)c35)C4)C[C@@H]21. The monoisotopic (exact) mass is 576 g/mol. The van der Waals surface area contributed by atoms with E-state index in [0.717, 1.165) is 72.0 Å². The summed E-state index contributed by atoms with van der Waals surface area (Å²) >= 11 is 6.70. The number of hydrogen-bond acceptors (Lipinski definition) is 8. The fraction of sp³-hybridized carbons (Fsp3) is 0.516. The van der Waals surface area contributed by atoms with Gasteiger partial charge in [0.25, 0.3) is 0 Å². The van der Waals surface area contributed by atoms with Gasteiger partial charge in [0.05, 0.1) is 30.3 Å². The third-order valence-electron chi connectivity index (χ3n) is 9.63. The molecule has 3 aliphatic heterocycles. The van der Waals surface area contributed by atoms with Crippen LogP contribution in [0.4, 0.5) is 11.5 Å². The van der Waals surface area contributed by atoms with Gasteiger partial charge in [0, 0.05) is 49.4 Å². The fourth-order valence-corrected chi connectivity index (χ4v) is 7.46. The van der Waals surface area contributed by atoms with Gasteiger partial charge >= 0.3 is 6.01 Å². The average molecular weight is 577 g/mol. The second-order valence-electron chi connectivity index (χ2n) is 11.9. The Bertz CT molecular complexity index is 1470. The van der Waals surface area contributed by atoms with Crippen molar-refractivity contribution in [3.05, 3.63) is 52.7 Å². The molecule has 1 aromatic heterocycles. The number of carbonyl (C=O) groups excluding carboxylic acids is 1. The number of hydroxylamine groups is 2. The zero-order valence-electron chi connectivity index (χ0n) is 23.9. The number of fused-ring (bicyclic) bond motifs is 3. The Hall–Kier alpha value is -3.14. The van der Waals surface area contributed by atoms with Gasteiger partial charge < -0.3 is 19.4 Å². The van der Waals surface area contributed by atoms with Gasteiger partial charge in [0.2, 0.25) is 5.91 Å². The number of nitrogens with zero attached hydrogens (tertiary/aromatic N) is 6. The molecule has 1 aliphatic carbocycles. The highest BCUT2D eigenvalue weighted by molar-refractivity contribution is 6.36. The van der Waals surface area contributed by atoms with Crippen molar-refractivity contribution < 1.29 is 14.4 Å². The van der Waals surface area contributed by atoms with E-state index < -0.39 is 0 Å². The first-order valence-electron chi connectivity index (χ1n) is 14.6. The van der Waals surface area contributed by atoms with Crippen LogP contribution >= 0.6 is 11.6 Å². The smallest absolute Gasteiger partial charge is 0.318 e. The molecule has 0 spiro atoms. The molecule has 2 aromatic carbocycles. The Morgan fingerprint density at radius 3 is 2.61 bits per heavy atom. The van der Waals surface area contributed by atoms with Crippen molar-refractivity contribution in [3.8, 4) is 6.01 Å². The van der Waals surface area contributed by atoms with E-state index in [4.69, 9.17) is 31.1 Å². The molecule has 0 unspecified atom stereocenters. The van der Waals surface area contributed by atoms with Crippen molar-refractivity contribution >= 4 is 39.8 Å². The molecule has 1 saturated carbocycles. The molecular weight excluding hydrogens is 540 g/mol. The van der Waals surface area contributed by atoms with Crippen molar-refractivity contribution in [1.29, 1.82) is 0 Å². The minimum absolute atomic E-state index is 0.0362. The van der Waals surface area contributed by atoms with Gasteiger partial charge in [-0.25, -0.2) is 5.06 Å². The summed E-state index contributed by atoms with van der Waals surface area (Å²) in [4.78, 5) is 35.0. The number of benzene rings is 2. The van der Waals surface area contributed by atoms with Crippen molar-refractivity contribution in [2.45, 2.75) is 31.8 Å². The molecule has 3 fully saturated rings. The Morgan fingerprint density at radius 2 is 1.88 bits per heavy atom. The molecule has 2 saturated heterocycles. The zero-order valence-corrected chi connectivity index (χ0v) is 24.7. The summed E-state index contributed by atoms with van der Waals surface area (Å²) in [6.45, 7) is 4.83. The molecule has 9 nitrogen and oxygen atoms in total. The maximum atomic E-state index is 12.7. The van der Waals surface area contributed by atoms with Crippen molar-refractivity contribution in [3.63, 3.8) is 0 Å². The number of halogens is 1. The number of rotatable bonds is 7. The molecule has 41 heavy (non-hydrogen) atoms. The first-order chi connectivity index (χ1) is 19.9. The predicted octanol–water partition coefficient (Wildman–Crippen LogP) is 4.02. The van der Waals surface area contributed by atoms with Crippen LogP contribution < -0.4 is 14.5 Å². The van der Waals surface area contributed by atoms with E-state index in [1.54, 1.807) is 7.05 Å². The molecular formula is C31H37ClN6O3. The number of amides is 1. The van der Waals surface area contributed by atoms with E-state index in [9.17, 15) is 4.79 Å². The molecule has 0 radical (unpaired) electrons. The van der Waals surface area contributed by atoms with Crippen LogP contribution in [-0.4, -0.2) is 85.9 Å². The third-order valence-corrected chi connectivity index (χ3v) is 9.95. The van der Waals surface area contributed by atoms with E-state index in [1.165, 1.54) is 24.2 Å². The number of piperidine rings is 1. The van der Waals surface area contributed by atoms with Gasteiger partial charge in [-0.05, 0) is 62.2 Å². The number of anilines is 2. The molecule has 1 amide bonds. The van der Waals surface area contributed by atoms with Gasteiger partial charge in [-0.15, -0.1) is 0 Å². The summed E-state index contributed by atoms with van der Waals surface area (Å²) in [5.41, 5.74) is 3.32. The number of likely N-dealkylation sites (tertiary alicyclic amines) is 1. The van der Waals surface area contributed by atoms with Gasteiger partial charge in [-0.3, -0.25) is 9.63 Å². The van der Waals surface area contributed by atoms with Crippen LogP contribution in [-0.2, 0) is 22.6 Å². The highest BCUT2D eigenvalue weighted by atomic mass is 35.5. The number of ether oxygens (including phenoxy) is 1. The van der Waals surface area contributed by atoms with Crippen LogP contribution in [0.25, 0.3) is 10.8 Å². The maximum Gasteiger partial charge on any atom is 0.318 e. The number of carbonyl (C=O) groups is 1. The highest BCUT2D eigenvalue weighted by Crippen LogP contribution is 2.53. The Kier molecular flexibility index (Phi) is 6.92. The van der Waals surface area contributed by atoms with Crippen LogP contribution in [0.2, 0.25) is 5.02 Å². The lowest BCUT2D eigenvalue weighted by atomic mass is 10.0. The van der Waals surface area contributed by atoms with Crippen LogP contribution in [0.15, 0.2) is 36.4 Å². The summed E-state index contributed by atoms with van der Waals surface area (Å²) in [5.74, 6) is 1.74. The third kappa shape index (κ3) is 4.77. The summed E-state index contributed by atoms with van der Waals surface area (Å²) in [5, 5.41) is 4.33. The number of likely N-dealkylation sites (N-methyl/N-ethyl adjacent to an activating group) is 1. The first-order valence-corrected chi connectivity index (χ1v) is 15.0. The molecule has 3 aromatic rings. The van der Waals surface area contributed by atoms with Gasteiger partial charge in [0.15, 0.2) is 0 Å². The zero-order chi connectivity index (χ0) is 28.2. The molecule has 216 valence electrons. The second kappa shape index (κ2) is 10.6. The molecule has 0 N–H and O–H groups in total. The predicted molar refractivity (Wildman–Crippen MR) is 159 cm³/mol. The summed E-state index contributed by atoms with van der Waals surface area (Å²) in [6.07, 6.45) is 3.15. The summed E-state index contributed by atoms with van der Waals surface area (Å²) in [6, 6.07) is 13.2. The van der Waals surface area contributed by atoms with Crippen LogP contribution in [0, 0.1) is 17.8 Å². The quantitative estimate of drug-likeness (QED) is 0.391. The molecule has 0 bridgehead atoms. The fourth-order valence-electron chi connectivity index (χ4n) is 7.19. The largest absolute Gasteiger partial charge is 0.462 e. The molecule has 4 aliphatic rings. The normalized spacial score (nSPS) is 25.4. The highest BCUT2D eigenvalue weighted by Gasteiger charge is 2.60. The Morgan fingerprint density at radius 1 is 1.10 bits per heavy atom. The van der Waals surface area contributed by atoms with Crippen molar-refractivity contribution in [1.82, 2.24) is 19.9 Å². The molecule has 10 heteroatoms. The Labute approximate surface area is 245 Å². The number of aromatic nitrogens is 2. The van der Waals surface area contributed by atoms with Gasteiger partial charge in [0.1, 0.15) is 12.4 Å². The van der Waals surface area contributed by atoms with E-state index in [2.05, 4.69) is 46.0 Å². The standard InChI is InChI=1S/C31H37ClN6O3/c1-35-13-6-9-20(35)18-41-31-33-25-17-37(26-11-5-8-19-7-4-10-24(32)27(19)26)14-12-21(25)29(34-31)38-15-22-23(16-38)28(22)30(39)36(2)40-3/h4-5,7-8,10-11,20,22-23,28H,6,9,12-18H2,1-3H3/t20-,22-,23+,28-/m0/s1. The van der Waals surface area contributed by atoms with Crippen molar-refractivity contribution in [2.24, 2.45) is 17.8 Å². The molecule has 4 heterocycles. The van der Waals surface area contributed by atoms with Crippen LogP contribution in [0.5, 0.6) is 6.01 Å². The van der Waals surface area contributed by atoms with Gasteiger partial charge in [-0.2, -0.15) is 9.97 Å². The average Bonchev–Trinajstić information content (AvgIpc) is 3.26. The van der Waals surface area contributed by atoms with E-state index in [0.29, 0.717) is 37.0 Å². The lowest BCUT2D eigenvalue weighted by Gasteiger charge is -2.34. The second-order valence-corrected chi connectivity index (χ2v) is 12.3.